The molecule has 0 aromatic rings. The highest BCUT2D eigenvalue weighted by Gasteiger charge is 2.49. The first-order valence-electron chi connectivity index (χ1n) is 3.90. The van der Waals surface area contributed by atoms with Gasteiger partial charge in [-0.3, -0.25) is 4.55 Å². The molecule has 6 nitrogen and oxygen atoms in total. The van der Waals surface area contributed by atoms with Gasteiger partial charge in [-0.1, -0.05) is 0 Å². The van der Waals surface area contributed by atoms with Gasteiger partial charge >= 0.3 is 5.97 Å². The van der Waals surface area contributed by atoms with Crippen LogP contribution in [0.3, 0.4) is 0 Å². The van der Waals surface area contributed by atoms with E-state index < -0.39 is 27.4 Å². The normalized spacial score (nSPS) is 17.5. The number of carboxylic acid groups (broad SMARTS) is 1. The van der Waals surface area contributed by atoms with Gasteiger partial charge < -0.3 is 9.59 Å². The highest BCUT2D eigenvalue weighted by molar-refractivity contribution is 7.85. The molecular formula is C7H16NO5S+. The van der Waals surface area contributed by atoms with Crippen molar-refractivity contribution in [2.75, 3.05) is 26.9 Å². The second kappa shape index (κ2) is 3.48. The van der Waals surface area contributed by atoms with Crippen molar-refractivity contribution in [2.24, 2.45) is 0 Å². The van der Waals surface area contributed by atoms with Gasteiger partial charge in [0.05, 0.1) is 21.1 Å². The van der Waals surface area contributed by atoms with Crippen LogP contribution in [0.2, 0.25) is 0 Å². The van der Waals surface area contributed by atoms with E-state index in [1.807, 2.05) is 0 Å². The summed E-state index contributed by atoms with van der Waals surface area (Å²) in [4.78, 5) is 11.0. The van der Waals surface area contributed by atoms with Gasteiger partial charge in [0, 0.05) is 6.92 Å². The van der Waals surface area contributed by atoms with E-state index in [0.29, 0.717) is 0 Å². The molecule has 0 heterocycles. The molecule has 0 aliphatic carbocycles. The molecule has 0 radical (unpaired) electrons. The van der Waals surface area contributed by atoms with Gasteiger partial charge in [0.25, 0.3) is 10.1 Å². The number of nitrogens with zero attached hydrogens (tertiary/aromatic N) is 1. The van der Waals surface area contributed by atoms with Crippen LogP contribution >= 0.6 is 0 Å². The van der Waals surface area contributed by atoms with Crippen LogP contribution in [0.5, 0.6) is 0 Å². The summed E-state index contributed by atoms with van der Waals surface area (Å²) in [5.74, 6) is -2.07. The minimum absolute atomic E-state index is 0.0951. The summed E-state index contributed by atoms with van der Waals surface area (Å²) in [5, 5.41) is 8.94. The maximum absolute atomic E-state index is 11.0. The first-order valence-corrected chi connectivity index (χ1v) is 5.51. The van der Waals surface area contributed by atoms with Crippen LogP contribution in [0.1, 0.15) is 6.92 Å². The second-order valence-corrected chi connectivity index (χ2v) is 5.77. The number of carbonyl (C=O) groups is 1. The van der Waals surface area contributed by atoms with E-state index in [1.54, 1.807) is 21.1 Å². The third-order valence-corrected chi connectivity index (χ3v) is 3.33. The van der Waals surface area contributed by atoms with Crippen LogP contribution in [0, 0.1) is 0 Å². The van der Waals surface area contributed by atoms with Crippen LogP contribution in [-0.2, 0) is 14.9 Å². The third kappa shape index (κ3) is 2.93. The summed E-state index contributed by atoms with van der Waals surface area (Å²) in [6, 6.07) is 0. The summed E-state index contributed by atoms with van der Waals surface area (Å²) in [6.45, 7) is 1.28. The Kier molecular flexibility index (Phi) is 3.32. The van der Waals surface area contributed by atoms with Gasteiger partial charge in [-0.25, -0.2) is 4.79 Å². The van der Waals surface area contributed by atoms with Crippen molar-refractivity contribution in [2.45, 2.75) is 12.5 Å². The maximum Gasteiger partial charge on any atom is 0.366 e. The number of hydrogen-bond donors (Lipinski definition) is 2. The van der Waals surface area contributed by atoms with E-state index in [1.165, 1.54) is 6.92 Å². The molecule has 2 N–H and O–H groups in total. The van der Waals surface area contributed by atoms with Crippen LogP contribution in [-0.4, -0.2) is 61.0 Å². The fourth-order valence-corrected chi connectivity index (χ4v) is 2.12. The van der Waals surface area contributed by atoms with Crippen molar-refractivity contribution in [1.82, 2.24) is 0 Å². The molecule has 0 saturated heterocycles. The molecule has 0 fully saturated rings. The third-order valence-electron chi connectivity index (χ3n) is 2.40. The second-order valence-electron chi connectivity index (χ2n) is 4.32. The van der Waals surface area contributed by atoms with E-state index >= 15 is 0 Å². The van der Waals surface area contributed by atoms with Crippen molar-refractivity contribution in [3.8, 4) is 0 Å². The van der Waals surface area contributed by atoms with Crippen molar-refractivity contribution in [3.05, 3.63) is 0 Å². The number of aliphatic carboxylic acids is 1. The Morgan fingerprint density at radius 1 is 1.36 bits per heavy atom. The molecule has 0 bridgehead atoms. The predicted molar refractivity (Wildman–Crippen MR) is 50.5 cm³/mol. The van der Waals surface area contributed by atoms with Gasteiger partial charge in [0.15, 0.2) is 0 Å². The Hall–Kier alpha value is -0.660. The van der Waals surface area contributed by atoms with E-state index in [4.69, 9.17) is 9.66 Å². The van der Waals surface area contributed by atoms with Crippen LogP contribution in [0.4, 0.5) is 0 Å². The zero-order valence-corrected chi connectivity index (χ0v) is 9.50. The minimum atomic E-state index is -4.31. The fraction of sp³-hybridized carbons (Fsp3) is 0.857. The lowest BCUT2D eigenvalue weighted by atomic mass is 10.0. The zero-order chi connectivity index (χ0) is 11.8. The van der Waals surface area contributed by atoms with Crippen molar-refractivity contribution in [1.29, 1.82) is 0 Å². The van der Waals surface area contributed by atoms with E-state index in [2.05, 4.69) is 0 Å². The Balaban J connectivity index is 5.25. The van der Waals surface area contributed by atoms with Crippen molar-refractivity contribution < 1.29 is 27.4 Å². The molecule has 0 aliphatic heterocycles. The summed E-state index contributed by atoms with van der Waals surface area (Å²) in [6.07, 6.45) is 0. The Morgan fingerprint density at radius 3 is 1.79 bits per heavy atom. The highest BCUT2D eigenvalue weighted by Crippen LogP contribution is 2.20. The van der Waals surface area contributed by atoms with Crippen molar-refractivity contribution >= 4 is 16.1 Å². The SMILES string of the molecule is CC(CS(=O)(=O)O)(C(=O)O)[N+](C)(C)C. The molecule has 0 saturated carbocycles. The molecule has 1 unspecified atom stereocenters. The van der Waals surface area contributed by atoms with Gasteiger partial charge in [-0.2, -0.15) is 8.42 Å². The van der Waals surface area contributed by atoms with Gasteiger partial charge in [0.1, 0.15) is 5.75 Å². The zero-order valence-electron chi connectivity index (χ0n) is 8.68. The number of likely N-dealkylation sites (N-methyl/N-ethyl adjacent to an activating group) is 1. The maximum atomic E-state index is 11.0. The van der Waals surface area contributed by atoms with Gasteiger partial charge in [-0.15, -0.1) is 0 Å². The van der Waals surface area contributed by atoms with Crippen molar-refractivity contribution in [3.63, 3.8) is 0 Å². The number of hydrogen-bond acceptors (Lipinski definition) is 3. The van der Waals surface area contributed by atoms with Crippen LogP contribution < -0.4 is 0 Å². The largest absolute Gasteiger partial charge is 0.477 e. The molecule has 0 amide bonds. The lowest BCUT2D eigenvalue weighted by Gasteiger charge is -2.39. The number of quaternary nitrogens is 1. The molecule has 14 heavy (non-hydrogen) atoms. The van der Waals surface area contributed by atoms with Gasteiger partial charge in [0.2, 0.25) is 5.54 Å². The van der Waals surface area contributed by atoms with E-state index in [-0.39, 0.29) is 4.48 Å². The first kappa shape index (κ1) is 13.3. The lowest BCUT2D eigenvalue weighted by Crippen LogP contribution is -2.63. The summed E-state index contributed by atoms with van der Waals surface area (Å²) < 4.78 is 29.9. The number of rotatable bonds is 4. The molecule has 84 valence electrons. The quantitative estimate of drug-likeness (QED) is 0.494. The standard InChI is InChI=1S/C7H15NO5S/c1-7(6(9)10,8(2,3)4)5-14(11,12)13/h5H2,1-4H3,(H-,9,10,11,12,13)/p+1. The summed E-state index contributed by atoms with van der Waals surface area (Å²) in [7, 11) is 0.358. The average molecular weight is 226 g/mol. The highest BCUT2D eigenvalue weighted by atomic mass is 32.2. The summed E-state index contributed by atoms with van der Waals surface area (Å²) >= 11 is 0. The lowest BCUT2D eigenvalue weighted by molar-refractivity contribution is -0.908. The molecule has 0 rings (SSSR count). The fourth-order valence-electron chi connectivity index (χ4n) is 0.897. The van der Waals surface area contributed by atoms with E-state index in [0.717, 1.165) is 0 Å². The molecular weight excluding hydrogens is 210 g/mol. The monoisotopic (exact) mass is 226 g/mol. The average Bonchev–Trinajstić information content (AvgIpc) is 1.79. The molecule has 1 atom stereocenters. The van der Waals surface area contributed by atoms with Gasteiger partial charge in [-0.05, 0) is 0 Å². The molecule has 7 heteroatoms. The smallest absolute Gasteiger partial charge is 0.366 e. The van der Waals surface area contributed by atoms with E-state index in [9.17, 15) is 13.2 Å². The topological polar surface area (TPSA) is 91.7 Å². The summed E-state index contributed by atoms with van der Waals surface area (Å²) in [5.41, 5.74) is -1.56. The first-order chi connectivity index (χ1) is 5.90. The molecule has 0 aromatic heterocycles. The van der Waals surface area contributed by atoms with Crippen LogP contribution in [0.25, 0.3) is 0 Å². The number of carboxylic acids is 1. The molecule has 0 aromatic carbocycles. The van der Waals surface area contributed by atoms with Crippen LogP contribution in [0.15, 0.2) is 0 Å². The minimum Gasteiger partial charge on any atom is -0.477 e. The predicted octanol–water partition coefficient (Wildman–Crippen LogP) is -0.576. The Morgan fingerprint density at radius 2 is 1.71 bits per heavy atom. The molecule has 0 spiro atoms. The Labute approximate surface area is 83.5 Å². The Bertz CT molecular complexity index is 328. The molecule has 0 aliphatic rings.